The maximum atomic E-state index is 11.0. The molecular formula is C10H19NO3. The van der Waals surface area contributed by atoms with Crippen LogP contribution in [0.2, 0.25) is 0 Å². The van der Waals surface area contributed by atoms with E-state index in [-0.39, 0.29) is 11.5 Å². The van der Waals surface area contributed by atoms with E-state index in [1.54, 1.807) is 0 Å². The monoisotopic (exact) mass is 201 g/mol. The van der Waals surface area contributed by atoms with Crippen molar-refractivity contribution in [3.8, 4) is 0 Å². The smallest absolute Gasteiger partial charge is 0.409 e. The molecule has 1 heterocycles. The summed E-state index contributed by atoms with van der Waals surface area (Å²) >= 11 is 0. The van der Waals surface area contributed by atoms with Crippen LogP contribution in [0.4, 0.5) is 4.79 Å². The van der Waals surface area contributed by atoms with Gasteiger partial charge in [-0.15, -0.1) is 0 Å². The predicted molar refractivity (Wildman–Crippen MR) is 53.0 cm³/mol. The van der Waals surface area contributed by atoms with Crippen LogP contribution < -0.4 is 0 Å². The number of carbonyl (C=O) groups excluding carboxylic acids is 1. The molecule has 14 heavy (non-hydrogen) atoms. The summed E-state index contributed by atoms with van der Waals surface area (Å²) in [4.78, 5) is 12.5. The van der Waals surface area contributed by atoms with Crippen LogP contribution in [0.25, 0.3) is 0 Å². The third kappa shape index (κ3) is 2.61. The minimum absolute atomic E-state index is 0.0803. The van der Waals surface area contributed by atoms with Gasteiger partial charge < -0.3 is 14.7 Å². The van der Waals surface area contributed by atoms with E-state index in [1.807, 2.05) is 0 Å². The quantitative estimate of drug-likeness (QED) is 0.694. The Balaban J connectivity index is 2.41. The van der Waals surface area contributed by atoms with Gasteiger partial charge in [-0.1, -0.05) is 20.8 Å². The van der Waals surface area contributed by atoms with Crippen LogP contribution in [-0.4, -0.2) is 41.9 Å². The summed E-state index contributed by atoms with van der Waals surface area (Å²) in [6, 6.07) is 0. The van der Waals surface area contributed by atoms with Gasteiger partial charge in [-0.2, -0.15) is 0 Å². The van der Waals surface area contributed by atoms with Crippen molar-refractivity contribution in [2.45, 2.75) is 32.8 Å². The molecule has 0 aromatic carbocycles. The maximum Gasteiger partial charge on any atom is 0.409 e. The molecule has 0 bridgehead atoms. The molecule has 0 spiro atoms. The van der Waals surface area contributed by atoms with E-state index in [9.17, 15) is 9.90 Å². The number of hydrogen-bond donors (Lipinski definition) is 1. The lowest BCUT2D eigenvalue weighted by Crippen LogP contribution is -2.64. The second kappa shape index (κ2) is 3.42. The van der Waals surface area contributed by atoms with Gasteiger partial charge in [0, 0.05) is 0 Å². The molecule has 0 aliphatic carbocycles. The molecule has 1 aliphatic rings. The van der Waals surface area contributed by atoms with Crippen molar-refractivity contribution in [3.63, 3.8) is 0 Å². The van der Waals surface area contributed by atoms with Crippen molar-refractivity contribution in [3.05, 3.63) is 0 Å². The molecule has 82 valence electrons. The molecule has 1 N–H and O–H groups in total. The number of β-amino-alcohol motifs (C(OH)–C–C–N with tert-alkyl or cyclic N) is 1. The van der Waals surface area contributed by atoms with Crippen molar-refractivity contribution < 1.29 is 14.6 Å². The molecular weight excluding hydrogens is 182 g/mol. The first kappa shape index (κ1) is 11.3. The highest BCUT2D eigenvalue weighted by atomic mass is 16.5. The third-order valence-electron chi connectivity index (χ3n) is 2.26. The number of aliphatic hydroxyl groups is 1. The van der Waals surface area contributed by atoms with Crippen molar-refractivity contribution in [1.29, 1.82) is 0 Å². The molecule has 4 heteroatoms. The molecule has 0 saturated carbocycles. The van der Waals surface area contributed by atoms with Gasteiger partial charge in [0.1, 0.15) is 5.60 Å². The number of carbonyl (C=O) groups is 1. The zero-order chi connectivity index (χ0) is 11.0. The number of nitrogens with zero attached hydrogens (tertiary/aromatic N) is 1. The number of methoxy groups -OCH3 is 1. The van der Waals surface area contributed by atoms with Crippen LogP contribution in [0.1, 0.15) is 27.2 Å². The zero-order valence-corrected chi connectivity index (χ0v) is 9.33. The van der Waals surface area contributed by atoms with E-state index in [2.05, 4.69) is 25.5 Å². The Bertz CT molecular complexity index is 226. The average Bonchev–Trinajstić information content (AvgIpc) is 1.95. The Morgan fingerprint density at radius 2 is 2.00 bits per heavy atom. The number of ether oxygens (including phenoxy) is 1. The molecule has 1 rings (SSSR count). The standard InChI is InChI=1S/C10H19NO3/c1-9(2,3)5-10(13)6-11(7-10)8(12)14-4/h13H,5-7H2,1-4H3. The molecule has 0 aromatic heterocycles. The first-order valence-corrected chi connectivity index (χ1v) is 4.81. The van der Waals surface area contributed by atoms with E-state index in [1.165, 1.54) is 12.0 Å². The summed E-state index contributed by atoms with van der Waals surface area (Å²) < 4.78 is 4.55. The predicted octanol–water partition coefficient (Wildman–Crippen LogP) is 1.24. The summed E-state index contributed by atoms with van der Waals surface area (Å²) in [5, 5.41) is 10.0. The summed E-state index contributed by atoms with van der Waals surface area (Å²) in [5.41, 5.74) is -0.636. The van der Waals surface area contributed by atoms with Crippen molar-refractivity contribution in [1.82, 2.24) is 4.90 Å². The second-order valence-corrected chi connectivity index (χ2v) is 5.29. The van der Waals surface area contributed by atoms with Gasteiger partial charge in [0.15, 0.2) is 0 Å². The maximum absolute atomic E-state index is 11.0. The Kier molecular flexibility index (Phi) is 2.76. The van der Waals surface area contributed by atoms with Crippen LogP contribution in [-0.2, 0) is 4.74 Å². The Morgan fingerprint density at radius 1 is 1.50 bits per heavy atom. The molecule has 0 aromatic rings. The molecule has 1 aliphatic heterocycles. The minimum Gasteiger partial charge on any atom is -0.453 e. The largest absolute Gasteiger partial charge is 0.453 e. The average molecular weight is 201 g/mol. The summed E-state index contributed by atoms with van der Waals surface area (Å²) in [7, 11) is 1.35. The van der Waals surface area contributed by atoms with Gasteiger partial charge in [0.05, 0.1) is 20.2 Å². The van der Waals surface area contributed by atoms with Crippen LogP contribution in [0, 0.1) is 5.41 Å². The first-order chi connectivity index (χ1) is 6.26. The molecule has 0 atom stereocenters. The zero-order valence-electron chi connectivity index (χ0n) is 9.33. The fourth-order valence-electron chi connectivity index (χ4n) is 2.02. The van der Waals surface area contributed by atoms with E-state index >= 15 is 0 Å². The SMILES string of the molecule is COC(=O)N1CC(O)(CC(C)(C)C)C1. The molecule has 1 fully saturated rings. The van der Waals surface area contributed by atoms with Gasteiger partial charge in [-0.25, -0.2) is 4.79 Å². The highest BCUT2D eigenvalue weighted by molar-refractivity contribution is 5.68. The van der Waals surface area contributed by atoms with E-state index in [0.717, 1.165) is 0 Å². The van der Waals surface area contributed by atoms with E-state index < -0.39 is 5.60 Å². The van der Waals surface area contributed by atoms with Crippen LogP contribution >= 0.6 is 0 Å². The van der Waals surface area contributed by atoms with E-state index in [0.29, 0.717) is 19.5 Å². The number of amides is 1. The second-order valence-electron chi connectivity index (χ2n) is 5.29. The fraction of sp³-hybridized carbons (Fsp3) is 0.900. The molecule has 4 nitrogen and oxygen atoms in total. The molecule has 1 amide bonds. The fourth-order valence-corrected chi connectivity index (χ4v) is 2.02. The highest BCUT2D eigenvalue weighted by Crippen LogP contribution is 2.33. The topological polar surface area (TPSA) is 49.8 Å². The van der Waals surface area contributed by atoms with Gasteiger partial charge in [-0.3, -0.25) is 0 Å². The lowest BCUT2D eigenvalue weighted by molar-refractivity contribution is -0.107. The van der Waals surface area contributed by atoms with Crippen molar-refractivity contribution in [2.24, 2.45) is 5.41 Å². The normalized spacial score (nSPS) is 20.2. The lowest BCUT2D eigenvalue weighted by atomic mass is 9.78. The highest BCUT2D eigenvalue weighted by Gasteiger charge is 2.46. The molecule has 0 radical (unpaired) electrons. The molecule has 0 unspecified atom stereocenters. The third-order valence-corrected chi connectivity index (χ3v) is 2.26. The van der Waals surface area contributed by atoms with Crippen LogP contribution in [0.15, 0.2) is 0 Å². The van der Waals surface area contributed by atoms with Gasteiger partial charge in [-0.05, 0) is 11.8 Å². The lowest BCUT2D eigenvalue weighted by Gasteiger charge is -2.48. The minimum atomic E-state index is -0.716. The first-order valence-electron chi connectivity index (χ1n) is 4.81. The van der Waals surface area contributed by atoms with Crippen LogP contribution in [0.3, 0.4) is 0 Å². The van der Waals surface area contributed by atoms with Crippen molar-refractivity contribution >= 4 is 6.09 Å². The van der Waals surface area contributed by atoms with Crippen LogP contribution in [0.5, 0.6) is 0 Å². The summed E-state index contributed by atoms with van der Waals surface area (Å²) in [5.74, 6) is 0. The Morgan fingerprint density at radius 3 is 2.36 bits per heavy atom. The summed E-state index contributed by atoms with van der Waals surface area (Å²) in [6.07, 6.45) is 0.344. The molecule has 1 saturated heterocycles. The number of rotatable bonds is 1. The van der Waals surface area contributed by atoms with E-state index in [4.69, 9.17) is 0 Å². The van der Waals surface area contributed by atoms with Gasteiger partial charge >= 0.3 is 6.09 Å². The number of likely N-dealkylation sites (tertiary alicyclic amines) is 1. The van der Waals surface area contributed by atoms with Gasteiger partial charge in [0.25, 0.3) is 0 Å². The Hall–Kier alpha value is -0.770. The number of hydrogen-bond acceptors (Lipinski definition) is 3. The Labute approximate surface area is 84.8 Å². The summed E-state index contributed by atoms with van der Waals surface area (Å²) in [6.45, 7) is 7.00. The van der Waals surface area contributed by atoms with Gasteiger partial charge in [0.2, 0.25) is 0 Å². The van der Waals surface area contributed by atoms with Crippen molar-refractivity contribution in [2.75, 3.05) is 20.2 Å².